The smallest absolute Gasteiger partial charge is 0.309 e. The van der Waals surface area contributed by atoms with Crippen LogP contribution in [-0.4, -0.2) is 18.5 Å². The maximum absolute atomic E-state index is 13.4. The first-order chi connectivity index (χ1) is 10.1. The summed E-state index contributed by atoms with van der Waals surface area (Å²) in [5, 5.41) is 2.64. The molecule has 0 bridgehead atoms. The Hall–Kier alpha value is -1.62. The third-order valence-electron chi connectivity index (χ3n) is 3.49. The summed E-state index contributed by atoms with van der Waals surface area (Å²) < 4.78 is 18.4. The Balaban J connectivity index is 1.81. The van der Waals surface area contributed by atoms with Crippen LogP contribution in [-0.2, 0) is 14.3 Å². The van der Waals surface area contributed by atoms with E-state index in [9.17, 15) is 14.0 Å². The van der Waals surface area contributed by atoms with Crippen LogP contribution in [0.25, 0.3) is 0 Å². The molecule has 21 heavy (non-hydrogen) atoms. The number of carbonyl (C=O) groups is 2. The van der Waals surface area contributed by atoms with Crippen molar-refractivity contribution in [1.82, 2.24) is 0 Å². The van der Waals surface area contributed by atoms with Crippen LogP contribution in [0.2, 0.25) is 5.02 Å². The van der Waals surface area contributed by atoms with Gasteiger partial charge in [0.1, 0.15) is 5.82 Å². The van der Waals surface area contributed by atoms with Gasteiger partial charge in [-0.05, 0) is 31.0 Å². The molecule has 0 unspecified atom stereocenters. The van der Waals surface area contributed by atoms with Crippen molar-refractivity contribution in [1.29, 1.82) is 0 Å². The van der Waals surface area contributed by atoms with E-state index < -0.39 is 18.3 Å². The molecule has 0 heterocycles. The van der Waals surface area contributed by atoms with Crippen LogP contribution in [0.3, 0.4) is 0 Å². The highest BCUT2D eigenvalue weighted by Crippen LogP contribution is 2.24. The topological polar surface area (TPSA) is 55.4 Å². The molecule has 1 fully saturated rings. The number of esters is 1. The predicted octanol–water partition coefficient (Wildman–Crippen LogP) is 3.54. The molecule has 0 aliphatic heterocycles. The standard InChI is InChI=1S/C15H17ClFNO3/c16-11-6-7-12(17)13(8-11)18-14(19)9-21-15(20)10-4-2-1-3-5-10/h6-8,10H,1-5,9H2,(H,18,19). The van der Waals surface area contributed by atoms with E-state index in [2.05, 4.69) is 5.32 Å². The normalized spacial score (nSPS) is 15.5. The predicted molar refractivity (Wildman–Crippen MR) is 77.6 cm³/mol. The second kappa shape index (κ2) is 7.41. The number of carbonyl (C=O) groups excluding carboxylic acids is 2. The molecule has 1 amide bonds. The van der Waals surface area contributed by atoms with Gasteiger partial charge in [-0.25, -0.2) is 4.39 Å². The molecule has 1 N–H and O–H groups in total. The summed E-state index contributed by atoms with van der Waals surface area (Å²) in [7, 11) is 0. The number of hydrogen-bond acceptors (Lipinski definition) is 3. The van der Waals surface area contributed by atoms with E-state index in [1.165, 1.54) is 12.1 Å². The number of amides is 1. The van der Waals surface area contributed by atoms with Crippen molar-refractivity contribution < 1.29 is 18.7 Å². The van der Waals surface area contributed by atoms with Crippen molar-refractivity contribution in [3.05, 3.63) is 29.0 Å². The van der Waals surface area contributed by atoms with Crippen molar-refractivity contribution in [3.8, 4) is 0 Å². The molecule has 1 aromatic carbocycles. The first-order valence-corrected chi connectivity index (χ1v) is 7.35. The summed E-state index contributed by atoms with van der Waals surface area (Å²) >= 11 is 5.73. The summed E-state index contributed by atoms with van der Waals surface area (Å²) in [6.07, 6.45) is 4.78. The fourth-order valence-electron chi connectivity index (χ4n) is 2.37. The first-order valence-electron chi connectivity index (χ1n) is 6.98. The van der Waals surface area contributed by atoms with Gasteiger partial charge in [-0.15, -0.1) is 0 Å². The Morgan fingerprint density at radius 3 is 2.71 bits per heavy atom. The summed E-state index contributed by atoms with van der Waals surface area (Å²) in [4.78, 5) is 23.4. The number of hydrogen-bond donors (Lipinski definition) is 1. The number of ether oxygens (including phenoxy) is 1. The zero-order valence-corrected chi connectivity index (χ0v) is 12.3. The second-order valence-corrected chi connectivity index (χ2v) is 5.55. The zero-order chi connectivity index (χ0) is 15.2. The third-order valence-corrected chi connectivity index (χ3v) is 3.72. The van der Waals surface area contributed by atoms with Gasteiger partial charge < -0.3 is 10.1 Å². The minimum Gasteiger partial charge on any atom is -0.455 e. The van der Waals surface area contributed by atoms with E-state index in [4.69, 9.17) is 16.3 Å². The second-order valence-electron chi connectivity index (χ2n) is 5.11. The van der Waals surface area contributed by atoms with Crippen LogP contribution in [0.5, 0.6) is 0 Å². The van der Waals surface area contributed by atoms with E-state index in [1.807, 2.05) is 0 Å². The Kier molecular flexibility index (Phi) is 5.56. The molecule has 1 saturated carbocycles. The summed E-state index contributed by atoms with van der Waals surface area (Å²) in [6.45, 7) is -0.415. The zero-order valence-electron chi connectivity index (χ0n) is 11.5. The molecule has 2 rings (SSSR count). The lowest BCUT2D eigenvalue weighted by Gasteiger charge is -2.19. The minimum atomic E-state index is -0.591. The van der Waals surface area contributed by atoms with Gasteiger partial charge in [0.15, 0.2) is 6.61 Å². The van der Waals surface area contributed by atoms with Gasteiger partial charge in [0, 0.05) is 5.02 Å². The lowest BCUT2D eigenvalue weighted by Crippen LogP contribution is -2.26. The summed E-state index contributed by atoms with van der Waals surface area (Å²) in [5.41, 5.74) is -0.0267. The molecule has 114 valence electrons. The summed E-state index contributed by atoms with van der Waals surface area (Å²) in [6, 6.07) is 3.85. The Labute approximate surface area is 127 Å². The molecule has 1 aromatic rings. The Morgan fingerprint density at radius 1 is 1.29 bits per heavy atom. The Bertz CT molecular complexity index is 530. The van der Waals surface area contributed by atoms with Gasteiger partial charge >= 0.3 is 5.97 Å². The molecule has 1 aliphatic rings. The van der Waals surface area contributed by atoms with E-state index >= 15 is 0 Å². The number of anilines is 1. The molecule has 1 aliphatic carbocycles. The fourth-order valence-corrected chi connectivity index (χ4v) is 2.54. The van der Waals surface area contributed by atoms with Gasteiger partial charge in [0.2, 0.25) is 0 Å². The van der Waals surface area contributed by atoms with Gasteiger partial charge in [-0.3, -0.25) is 9.59 Å². The number of benzene rings is 1. The third kappa shape index (κ3) is 4.70. The van der Waals surface area contributed by atoms with E-state index in [-0.39, 0.29) is 17.6 Å². The first kappa shape index (κ1) is 15.8. The molecule has 0 radical (unpaired) electrons. The molecule has 0 aromatic heterocycles. The van der Waals surface area contributed by atoms with Crippen molar-refractivity contribution in [2.24, 2.45) is 5.92 Å². The van der Waals surface area contributed by atoms with Crippen LogP contribution in [0.15, 0.2) is 18.2 Å². The average Bonchev–Trinajstić information content (AvgIpc) is 2.49. The number of halogens is 2. The lowest BCUT2D eigenvalue weighted by molar-refractivity contribution is -0.152. The van der Waals surface area contributed by atoms with Crippen molar-refractivity contribution in [3.63, 3.8) is 0 Å². The van der Waals surface area contributed by atoms with Crippen LogP contribution in [0.1, 0.15) is 32.1 Å². The van der Waals surface area contributed by atoms with Crippen molar-refractivity contribution >= 4 is 29.2 Å². The highest BCUT2D eigenvalue weighted by Gasteiger charge is 2.23. The molecule has 0 atom stereocenters. The van der Waals surface area contributed by atoms with Crippen LogP contribution >= 0.6 is 11.6 Å². The maximum Gasteiger partial charge on any atom is 0.309 e. The monoisotopic (exact) mass is 313 g/mol. The summed E-state index contributed by atoms with van der Waals surface area (Å²) in [5.74, 6) is -1.64. The Morgan fingerprint density at radius 2 is 2.00 bits per heavy atom. The van der Waals surface area contributed by atoms with E-state index in [0.29, 0.717) is 5.02 Å². The average molecular weight is 314 g/mol. The molecule has 4 nitrogen and oxygen atoms in total. The van der Waals surface area contributed by atoms with Crippen LogP contribution in [0.4, 0.5) is 10.1 Å². The number of nitrogens with one attached hydrogen (secondary N) is 1. The maximum atomic E-state index is 13.4. The largest absolute Gasteiger partial charge is 0.455 e. The SMILES string of the molecule is O=C(COC(=O)C1CCCCC1)Nc1cc(Cl)ccc1F. The highest BCUT2D eigenvalue weighted by molar-refractivity contribution is 6.30. The minimum absolute atomic E-state index is 0.0267. The van der Waals surface area contributed by atoms with E-state index in [0.717, 1.165) is 38.2 Å². The van der Waals surface area contributed by atoms with Crippen LogP contribution < -0.4 is 5.32 Å². The van der Waals surface area contributed by atoms with Gasteiger partial charge in [-0.1, -0.05) is 30.9 Å². The number of rotatable bonds is 4. The molecule has 0 saturated heterocycles. The molecule has 0 spiro atoms. The lowest BCUT2D eigenvalue weighted by atomic mass is 9.89. The molecular formula is C15H17ClFNO3. The van der Waals surface area contributed by atoms with Crippen molar-refractivity contribution in [2.75, 3.05) is 11.9 Å². The van der Waals surface area contributed by atoms with Crippen LogP contribution in [0, 0.1) is 11.7 Å². The highest BCUT2D eigenvalue weighted by atomic mass is 35.5. The van der Waals surface area contributed by atoms with Gasteiger partial charge in [-0.2, -0.15) is 0 Å². The van der Waals surface area contributed by atoms with Crippen molar-refractivity contribution in [2.45, 2.75) is 32.1 Å². The fraction of sp³-hybridized carbons (Fsp3) is 0.467. The van der Waals surface area contributed by atoms with E-state index in [1.54, 1.807) is 0 Å². The molecular weight excluding hydrogens is 297 g/mol. The van der Waals surface area contributed by atoms with Gasteiger partial charge in [0.25, 0.3) is 5.91 Å². The quantitative estimate of drug-likeness (QED) is 0.865. The molecule has 6 heteroatoms. The van der Waals surface area contributed by atoms with Gasteiger partial charge in [0.05, 0.1) is 11.6 Å².